The fraction of sp³-hybridized carbons (Fsp3) is 0.684. The minimum absolute atomic E-state index is 0.349. The summed E-state index contributed by atoms with van der Waals surface area (Å²) in [6, 6.07) is 9.25. The second kappa shape index (κ2) is 7.42. The van der Waals surface area contributed by atoms with Gasteiger partial charge in [0, 0.05) is 6.61 Å². The Labute approximate surface area is 129 Å². The van der Waals surface area contributed by atoms with Crippen molar-refractivity contribution in [2.75, 3.05) is 13.2 Å². The summed E-state index contributed by atoms with van der Waals surface area (Å²) in [5.41, 5.74) is 2.96. The lowest BCUT2D eigenvalue weighted by Gasteiger charge is -2.35. The van der Waals surface area contributed by atoms with Gasteiger partial charge in [-0.3, -0.25) is 0 Å². The number of hydrogen-bond donors (Lipinski definition) is 1. The minimum atomic E-state index is 0.349. The smallest absolute Gasteiger partial charge is 0.0773 e. The molecule has 21 heavy (non-hydrogen) atoms. The molecular formula is C19H29NO. The van der Waals surface area contributed by atoms with E-state index in [1.807, 2.05) is 0 Å². The molecule has 0 aromatic heterocycles. The van der Waals surface area contributed by atoms with Gasteiger partial charge >= 0.3 is 0 Å². The van der Waals surface area contributed by atoms with Crippen LogP contribution in [0.3, 0.4) is 0 Å². The van der Waals surface area contributed by atoms with Crippen molar-refractivity contribution < 1.29 is 4.74 Å². The molecular weight excluding hydrogens is 258 g/mol. The van der Waals surface area contributed by atoms with Gasteiger partial charge in [0.2, 0.25) is 0 Å². The fourth-order valence-electron chi connectivity index (χ4n) is 3.98. The van der Waals surface area contributed by atoms with E-state index in [-0.39, 0.29) is 0 Å². The summed E-state index contributed by atoms with van der Waals surface area (Å²) in [5, 5.41) is 3.65. The zero-order valence-electron chi connectivity index (χ0n) is 13.3. The molecule has 0 radical (unpaired) electrons. The van der Waals surface area contributed by atoms with Crippen molar-refractivity contribution in [2.45, 2.75) is 64.0 Å². The highest BCUT2D eigenvalue weighted by Crippen LogP contribution is 2.33. The van der Waals surface area contributed by atoms with Gasteiger partial charge in [-0.15, -0.1) is 0 Å². The molecule has 3 rings (SSSR count). The summed E-state index contributed by atoms with van der Waals surface area (Å²) >= 11 is 0. The van der Waals surface area contributed by atoms with E-state index in [1.54, 1.807) is 0 Å². The number of ether oxygens (including phenoxy) is 1. The molecule has 2 atom stereocenters. The quantitative estimate of drug-likeness (QED) is 0.874. The lowest BCUT2D eigenvalue weighted by atomic mass is 9.85. The van der Waals surface area contributed by atoms with Crippen LogP contribution in [0.25, 0.3) is 0 Å². The van der Waals surface area contributed by atoms with Gasteiger partial charge in [0.05, 0.1) is 12.1 Å². The van der Waals surface area contributed by atoms with Crippen LogP contribution < -0.4 is 5.32 Å². The molecule has 0 aliphatic heterocycles. The van der Waals surface area contributed by atoms with Crippen molar-refractivity contribution in [3.05, 3.63) is 35.4 Å². The highest BCUT2D eigenvalue weighted by atomic mass is 16.5. The van der Waals surface area contributed by atoms with Crippen LogP contribution >= 0.6 is 0 Å². The predicted molar refractivity (Wildman–Crippen MR) is 87.5 cm³/mol. The van der Waals surface area contributed by atoms with E-state index in [1.165, 1.54) is 43.2 Å². The molecule has 0 bridgehead atoms. The normalized spacial score (nSPS) is 26.5. The molecule has 1 saturated carbocycles. The first kappa shape index (κ1) is 15.1. The molecule has 0 spiro atoms. The van der Waals surface area contributed by atoms with Crippen LogP contribution in [0, 0.1) is 5.92 Å². The van der Waals surface area contributed by atoms with Gasteiger partial charge in [0.15, 0.2) is 0 Å². The monoisotopic (exact) mass is 287 g/mol. The molecule has 1 fully saturated rings. The zero-order chi connectivity index (χ0) is 14.5. The first-order valence-electron chi connectivity index (χ1n) is 8.81. The number of nitrogens with one attached hydrogen (secondary N) is 1. The third-order valence-electron chi connectivity index (χ3n) is 5.15. The maximum atomic E-state index is 6.38. The number of benzene rings is 1. The van der Waals surface area contributed by atoms with Gasteiger partial charge in [0.25, 0.3) is 0 Å². The molecule has 2 aliphatic carbocycles. The summed E-state index contributed by atoms with van der Waals surface area (Å²) < 4.78 is 6.38. The topological polar surface area (TPSA) is 21.3 Å². The van der Waals surface area contributed by atoms with E-state index in [9.17, 15) is 0 Å². The Kier molecular flexibility index (Phi) is 5.32. The molecule has 2 nitrogen and oxygen atoms in total. The summed E-state index contributed by atoms with van der Waals surface area (Å²) in [6.07, 6.45) is 9.63. The third kappa shape index (κ3) is 3.67. The van der Waals surface area contributed by atoms with Crippen molar-refractivity contribution in [1.82, 2.24) is 5.32 Å². The second-order valence-corrected chi connectivity index (χ2v) is 6.65. The van der Waals surface area contributed by atoms with Crippen LogP contribution in [-0.2, 0) is 11.2 Å². The van der Waals surface area contributed by atoms with Crippen molar-refractivity contribution in [1.29, 1.82) is 0 Å². The molecule has 1 N–H and O–H groups in total. The Morgan fingerprint density at radius 2 is 1.90 bits per heavy atom. The van der Waals surface area contributed by atoms with E-state index in [4.69, 9.17) is 4.74 Å². The molecule has 116 valence electrons. The Hall–Kier alpha value is -0.860. The van der Waals surface area contributed by atoms with Crippen LogP contribution in [0.1, 0.15) is 62.6 Å². The van der Waals surface area contributed by atoms with E-state index in [0.29, 0.717) is 12.1 Å². The molecule has 0 amide bonds. The average molecular weight is 287 g/mol. The Morgan fingerprint density at radius 3 is 2.71 bits per heavy atom. The number of rotatable bonds is 5. The average Bonchev–Trinajstić information content (AvgIpc) is 2.55. The Bertz CT molecular complexity index is 439. The summed E-state index contributed by atoms with van der Waals surface area (Å²) in [7, 11) is 0. The Balaban J connectivity index is 1.64. The van der Waals surface area contributed by atoms with Gasteiger partial charge in [-0.2, -0.15) is 0 Å². The van der Waals surface area contributed by atoms with Crippen LogP contribution in [0.15, 0.2) is 24.3 Å². The molecule has 0 heterocycles. The zero-order valence-corrected chi connectivity index (χ0v) is 13.3. The number of likely N-dealkylation sites (N-methyl/N-ethyl adjacent to an activating group) is 1. The van der Waals surface area contributed by atoms with Crippen molar-refractivity contribution >= 4 is 0 Å². The van der Waals surface area contributed by atoms with Crippen molar-refractivity contribution in [2.24, 2.45) is 5.92 Å². The van der Waals surface area contributed by atoms with E-state index in [0.717, 1.165) is 31.9 Å². The predicted octanol–water partition coefficient (Wildman–Crippen LogP) is 4.25. The summed E-state index contributed by atoms with van der Waals surface area (Å²) in [5.74, 6) is 0.804. The second-order valence-electron chi connectivity index (χ2n) is 6.65. The maximum Gasteiger partial charge on any atom is 0.0773 e. The van der Waals surface area contributed by atoms with Gasteiger partial charge < -0.3 is 10.1 Å². The lowest BCUT2D eigenvalue weighted by molar-refractivity contribution is -0.00929. The van der Waals surface area contributed by atoms with Gasteiger partial charge in [0.1, 0.15) is 0 Å². The fourth-order valence-corrected chi connectivity index (χ4v) is 3.98. The van der Waals surface area contributed by atoms with Crippen LogP contribution in [0.5, 0.6) is 0 Å². The van der Waals surface area contributed by atoms with Gasteiger partial charge in [-0.1, -0.05) is 50.5 Å². The number of aryl methyl sites for hydroxylation is 1. The molecule has 2 aliphatic rings. The summed E-state index contributed by atoms with van der Waals surface area (Å²) in [4.78, 5) is 0. The summed E-state index contributed by atoms with van der Waals surface area (Å²) in [6.45, 7) is 4.16. The Morgan fingerprint density at radius 1 is 1.10 bits per heavy atom. The maximum absolute atomic E-state index is 6.38. The minimum Gasteiger partial charge on any atom is -0.376 e. The molecule has 0 saturated heterocycles. The van der Waals surface area contributed by atoms with Gasteiger partial charge in [-0.05, 0) is 49.3 Å². The van der Waals surface area contributed by atoms with Crippen LogP contribution in [0.4, 0.5) is 0 Å². The van der Waals surface area contributed by atoms with Crippen molar-refractivity contribution in [3.63, 3.8) is 0 Å². The largest absolute Gasteiger partial charge is 0.376 e. The molecule has 2 heteroatoms. The highest BCUT2D eigenvalue weighted by molar-refractivity contribution is 5.33. The first-order valence-corrected chi connectivity index (χ1v) is 8.81. The third-order valence-corrected chi connectivity index (χ3v) is 5.15. The van der Waals surface area contributed by atoms with E-state index >= 15 is 0 Å². The van der Waals surface area contributed by atoms with Crippen molar-refractivity contribution in [3.8, 4) is 0 Å². The number of hydrogen-bond acceptors (Lipinski definition) is 2. The molecule has 2 unspecified atom stereocenters. The van der Waals surface area contributed by atoms with Gasteiger partial charge in [-0.25, -0.2) is 0 Å². The van der Waals surface area contributed by atoms with Crippen LogP contribution in [-0.4, -0.2) is 19.3 Å². The molecule has 1 aromatic rings. The highest BCUT2D eigenvalue weighted by Gasteiger charge is 2.30. The standard InChI is InChI=1S/C19H29NO/c1-2-20-19-17-11-7-6-10-16(17)12-13-18(19)21-14-15-8-4-3-5-9-15/h6-7,10-11,15,18-20H,2-5,8-9,12-14H2,1H3. The van der Waals surface area contributed by atoms with E-state index in [2.05, 4.69) is 36.5 Å². The van der Waals surface area contributed by atoms with E-state index < -0.39 is 0 Å². The lowest BCUT2D eigenvalue weighted by Crippen LogP contribution is -2.38. The first-order chi connectivity index (χ1) is 10.4. The van der Waals surface area contributed by atoms with Crippen LogP contribution in [0.2, 0.25) is 0 Å². The SMILES string of the molecule is CCNC1c2ccccc2CCC1OCC1CCCCC1. The molecule has 1 aromatic carbocycles. The number of fused-ring (bicyclic) bond motifs is 1.